The molecule has 0 atom stereocenters. The van der Waals surface area contributed by atoms with E-state index < -0.39 is 0 Å². The standard InChI is InChI=1S/C22H19ClFNOS2/c23-18-9-8-17(21(24)12-18)14-27-15-22(26)25-19-10-6-16(7-11-19)13-28-20-4-2-1-3-5-20/h1-12H,13-15H2,(H,25,26). The lowest BCUT2D eigenvalue weighted by molar-refractivity contribution is -0.113. The van der Waals surface area contributed by atoms with Crippen LogP contribution < -0.4 is 5.32 Å². The van der Waals surface area contributed by atoms with E-state index in [2.05, 4.69) is 17.4 Å². The molecule has 0 aliphatic heterocycles. The summed E-state index contributed by atoms with van der Waals surface area (Å²) in [5.74, 6) is 1.11. The number of rotatable bonds is 8. The predicted octanol–water partition coefficient (Wildman–Crippen LogP) is 6.64. The van der Waals surface area contributed by atoms with Crippen molar-refractivity contribution in [3.8, 4) is 0 Å². The molecule has 3 aromatic carbocycles. The Balaban J connectivity index is 1.42. The van der Waals surface area contributed by atoms with E-state index in [0.29, 0.717) is 16.3 Å². The Morgan fingerprint density at radius 2 is 1.71 bits per heavy atom. The van der Waals surface area contributed by atoms with Gasteiger partial charge < -0.3 is 5.32 Å². The van der Waals surface area contributed by atoms with Crippen molar-refractivity contribution in [2.45, 2.75) is 16.4 Å². The van der Waals surface area contributed by atoms with E-state index in [4.69, 9.17) is 11.6 Å². The molecule has 0 saturated heterocycles. The van der Waals surface area contributed by atoms with Crippen LogP contribution in [0.5, 0.6) is 0 Å². The highest BCUT2D eigenvalue weighted by Crippen LogP contribution is 2.23. The number of carbonyl (C=O) groups excluding carboxylic acids is 1. The average molecular weight is 432 g/mol. The van der Waals surface area contributed by atoms with Crippen LogP contribution in [0.1, 0.15) is 11.1 Å². The second-order valence-corrected chi connectivity index (χ2v) is 8.55. The molecule has 0 aliphatic carbocycles. The molecule has 6 heteroatoms. The number of benzene rings is 3. The fourth-order valence-corrected chi connectivity index (χ4v) is 4.30. The van der Waals surface area contributed by atoms with Crippen LogP contribution in [-0.2, 0) is 16.3 Å². The van der Waals surface area contributed by atoms with Crippen LogP contribution in [-0.4, -0.2) is 11.7 Å². The maximum Gasteiger partial charge on any atom is 0.234 e. The van der Waals surface area contributed by atoms with Gasteiger partial charge in [0.15, 0.2) is 0 Å². The molecule has 0 fully saturated rings. The minimum atomic E-state index is -0.343. The summed E-state index contributed by atoms with van der Waals surface area (Å²) < 4.78 is 13.7. The summed E-state index contributed by atoms with van der Waals surface area (Å²) in [6.07, 6.45) is 0. The van der Waals surface area contributed by atoms with E-state index in [9.17, 15) is 9.18 Å². The Kier molecular flexibility index (Phi) is 7.83. The lowest BCUT2D eigenvalue weighted by atomic mass is 10.2. The molecule has 1 amide bonds. The first kappa shape index (κ1) is 20.8. The first-order valence-electron chi connectivity index (χ1n) is 8.68. The van der Waals surface area contributed by atoms with Gasteiger partial charge in [-0.2, -0.15) is 0 Å². The largest absolute Gasteiger partial charge is 0.325 e. The number of amides is 1. The van der Waals surface area contributed by atoms with Gasteiger partial charge in [-0.15, -0.1) is 23.5 Å². The quantitative estimate of drug-likeness (QED) is 0.405. The summed E-state index contributed by atoms with van der Waals surface area (Å²) >= 11 is 8.88. The Bertz CT molecular complexity index is 920. The molecule has 3 rings (SSSR count). The van der Waals surface area contributed by atoms with Crippen LogP contribution in [0.15, 0.2) is 77.7 Å². The van der Waals surface area contributed by atoms with Gasteiger partial charge in [0.05, 0.1) is 5.75 Å². The zero-order chi connectivity index (χ0) is 19.8. The van der Waals surface area contributed by atoms with Gasteiger partial charge in [-0.3, -0.25) is 4.79 Å². The molecule has 0 aliphatic rings. The van der Waals surface area contributed by atoms with Crippen LogP contribution in [0.4, 0.5) is 10.1 Å². The number of carbonyl (C=O) groups is 1. The lowest BCUT2D eigenvalue weighted by Crippen LogP contribution is -2.14. The van der Waals surface area contributed by atoms with Gasteiger partial charge in [0.1, 0.15) is 5.82 Å². The van der Waals surface area contributed by atoms with Gasteiger partial charge in [-0.25, -0.2) is 4.39 Å². The number of hydrogen-bond donors (Lipinski definition) is 1. The molecule has 2 nitrogen and oxygen atoms in total. The minimum absolute atomic E-state index is 0.106. The molecular weight excluding hydrogens is 413 g/mol. The van der Waals surface area contributed by atoms with Crippen molar-refractivity contribution in [3.63, 3.8) is 0 Å². The third kappa shape index (κ3) is 6.59. The van der Waals surface area contributed by atoms with Crippen molar-refractivity contribution in [3.05, 3.63) is 94.8 Å². The summed E-state index contributed by atoms with van der Waals surface area (Å²) in [7, 11) is 0. The summed E-state index contributed by atoms with van der Waals surface area (Å²) in [6, 6.07) is 22.7. The van der Waals surface area contributed by atoms with Crippen molar-refractivity contribution in [2.24, 2.45) is 0 Å². The molecule has 0 heterocycles. The van der Waals surface area contributed by atoms with Crippen molar-refractivity contribution in [1.29, 1.82) is 0 Å². The first-order chi connectivity index (χ1) is 13.6. The molecule has 28 heavy (non-hydrogen) atoms. The Hall–Kier alpha value is -1.95. The molecule has 0 saturated carbocycles. The topological polar surface area (TPSA) is 29.1 Å². The van der Waals surface area contributed by atoms with E-state index >= 15 is 0 Å². The summed E-state index contributed by atoms with van der Waals surface area (Å²) in [4.78, 5) is 13.3. The third-order valence-corrected chi connectivity index (χ3v) is 6.19. The highest BCUT2D eigenvalue weighted by Gasteiger charge is 2.07. The maximum absolute atomic E-state index is 13.7. The zero-order valence-electron chi connectivity index (χ0n) is 15.0. The van der Waals surface area contributed by atoms with Crippen LogP contribution in [0.25, 0.3) is 0 Å². The first-order valence-corrected chi connectivity index (χ1v) is 11.2. The van der Waals surface area contributed by atoms with Gasteiger partial charge in [0.25, 0.3) is 0 Å². The van der Waals surface area contributed by atoms with Crippen LogP contribution in [0.3, 0.4) is 0 Å². The van der Waals surface area contributed by atoms with E-state index in [0.717, 1.165) is 11.4 Å². The van der Waals surface area contributed by atoms with E-state index in [1.54, 1.807) is 23.9 Å². The SMILES string of the molecule is O=C(CSCc1ccc(Cl)cc1F)Nc1ccc(CSc2ccccc2)cc1. The summed E-state index contributed by atoms with van der Waals surface area (Å²) in [6.45, 7) is 0. The van der Waals surface area contributed by atoms with Crippen LogP contribution in [0.2, 0.25) is 5.02 Å². The van der Waals surface area contributed by atoms with Gasteiger partial charge in [-0.1, -0.05) is 48.0 Å². The predicted molar refractivity (Wildman–Crippen MR) is 119 cm³/mol. The van der Waals surface area contributed by atoms with Crippen molar-refractivity contribution in [2.75, 3.05) is 11.1 Å². The molecule has 0 bridgehead atoms. The Morgan fingerprint density at radius 1 is 0.964 bits per heavy atom. The molecule has 144 valence electrons. The number of thioether (sulfide) groups is 2. The van der Waals surface area contributed by atoms with E-state index in [1.165, 1.54) is 28.3 Å². The lowest BCUT2D eigenvalue weighted by Gasteiger charge is -2.07. The number of hydrogen-bond acceptors (Lipinski definition) is 3. The second kappa shape index (κ2) is 10.6. The van der Waals surface area contributed by atoms with E-state index in [-0.39, 0.29) is 17.5 Å². The molecule has 0 radical (unpaired) electrons. The molecular formula is C22H19ClFNOS2. The third-order valence-electron chi connectivity index (χ3n) is 3.89. The van der Waals surface area contributed by atoms with Crippen molar-refractivity contribution >= 4 is 46.7 Å². The summed E-state index contributed by atoms with van der Waals surface area (Å²) in [5.41, 5.74) is 2.50. The fraction of sp³-hybridized carbons (Fsp3) is 0.136. The second-order valence-electron chi connectivity index (χ2n) is 6.08. The smallest absolute Gasteiger partial charge is 0.234 e. The monoisotopic (exact) mass is 431 g/mol. The van der Waals surface area contributed by atoms with Gasteiger partial charge >= 0.3 is 0 Å². The maximum atomic E-state index is 13.7. The highest BCUT2D eigenvalue weighted by atomic mass is 35.5. The number of anilines is 1. The molecule has 0 aromatic heterocycles. The Morgan fingerprint density at radius 3 is 2.43 bits per heavy atom. The Labute approximate surface area is 177 Å². The van der Waals surface area contributed by atoms with Crippen molar-refractivity contribution < 1.29 is 9.18 Å². The van der Waals surface area contributed by atoms with E-state index in [1.807, 2.05) is 42.5 Å². The highest BCUT2D eigenvalue weighted by molar-refractivity contribution is 7.99. The zero-order valence-corrected chi connectivity index (χ0v) is 17.4. The number of halogens is 2. The van der Waals surface area contributed by atoms with Crippen LogP contribution in [0, 0.1) is 5.82 Å². The molecule has 1 N–H and O–H groups in total. The van der Waals surface area contributed by atoms with Crippen LogP contribution >= 0.6 is 35.1 Å². The van der Waals surface area contributed by atoms with Gasteiger partial charge in [0.2, 0.25) is 5.91 Å². The molecule has 0 unspecified atom stereocenters. The molecule has 3 aromatic rings. The molecule has 0 spiro atoms. The number of nitrogens with one attached hydrogen (secondary N) is 1. The average Bonchev–Trinajstić information content (AvgIpc) is 2.70. The fourth-order valence-electron chi connectivity index (χ4n) is 2.46. The van der Waals surface area contributed by atoms with Gasteiger partial charge in [-0.05, 0) is 47.5 Å². The van der Waals surface area contributed by atoms with Gasteiger partial charge in [0, 0.05) is 27.1 Å². The minimum Gasteiger partial charge on any atom is -0.325 e. The summed E-state index contributed by atoms with van der Waals surface area (Å²) in [5, 5.41) is 3.24. The normalized spacial score (nSPS) is 10.6. The van der Waals surface area contributed by atoms with Crippen molar-refractivity contribution in [1.82, 2.24) is 0 Å².